The normalized spacial score (nSPS) is 29.6. The van der Waals surface area contributed by atoms with Crippen LogP contribution in [0.2, 0.25) is 0 Å². The number of amides is 1. The van der Waals surface area contributed by atoms with Crippen LogP contribution in [0.4, 0.5) is 0 Å². The third-order valence-electron chi connectivity index (χ3n) is 3.83. The maximum absolute atomic E-state index is 12.3. The fourth-order valence-electron chi connectivity index (χ4n) is 2.87. The van der Waals surface area contributed by atoms with Gasteiger partial charge in [0.05, 0.1) is 0 Å². The standard InChI is InChI=1S/C13H19NO3/c1-9-5-4-8-14(11(9)13(16)17)12(15)10-6-2-3-7-10/h2-3,9-11H,4-8H2,1H3,(H,16,17). The number of aliphatic carboxylic acids is 1. The Labute approximate surface area is 101 Å². The van der Waals surface area contributed by atoms with E-state index < -0.39 is 12.0 Å². The van der Waals surface area contributed by atoms with Gasteiger partial charge in [0.1, 0.15) is 6.04 Å². The van der Waals surface area contributed by atoms with Crippen LogP contribution in [0.25, 0.3) is 0 Å². The Hall–Kier alpha value is -1.32. The van der Waals surface area contributed by atoms with Crippen LogP contribution in [0.5, 0.6) is 0 Å². The molecule has 0 aromatic rings. The lowest BCUT2D eigenvalue weighted by atomic mass is 9.89. The van der Waals surface area contributed by atoms with Crippen LogP contribution in [0, 0.1) is 11.8 Å². The number of hydrogen-bond donors (Lipinski definition) is 1. The first-order valence-corrected chi connectivity index (χ1v) is 6.29. The van der Waals surface area contributed by atoms with Gasteiger partial charge >= 0.3 is 5.97 Å². The molecule has 1 aliphatic carbocycles. The number of allylic oxidation sites excluding steroid dienone is 2. The van der Waals surface area contributed by atoms with E-state index in [9.17, 15) is 14.7 Å². The molecule has 1 amide bonds. The van der Waals surface area contributed by atoms with Gasteiger partial charge in [0, 0.05) is 12.5 Å². The first-order chi connectivity index (χ1) is 8.11. The van der Waals surface area contributed by atoms with Crippen molar-refractivity contribution in [3.8, 4) is 0 Å². The lowest BCUT2D eigenvalue weighted by molar-refractivity contribution is -0.156. The Kier molecular flexibility index (Phi) is 3.50. The number of hydrogen-bond acceptors (Lipinski definition) is 2. The van der Waals surface area contributed by atoms with Crippen molar-refractivity contribution in [2.45, 2.75) is 38.6 Å². The molecule has 1 N–H and O–H groups in total. The molecule has 1 fully saturated rings. The molecule has 1 heterocycles. The zero-order chi connectivity index (χ0) is 12.4. The zero-order valence-electron chi connectivity index (χ0n) is 10.1. The second-order valence-electron chi connectivity index (χ2n) is 5.07. The van der Waals surface area contributed by atoms with E-state index in [1.54, 1.807) is 4.90 Å². The van der Waals surface area contributed by atoms with Gasteiger partial charge in [-0.2, -0.15) is 0 Å². The van der Waals surface area contributed by atoms with Crippen molar-refractivity contribution >= 4 is 11.9 Å². The minimum atomic E-state index is -0.864. The molecule has 2 aliphatic rings. The number of carboxylic acid groups (broad SMARTS) is 1. The van der Waals surface area contributed by atoms with Crippen molar-refractivity contribution in [3.05, 3.63) is 12.2 Å². The van der Waals surface area contributed by atoms with E-state index in [4.69, 9.17) is 0 Å². The van der Waals surface area contributed by atoms with E-state index in [1.807, 2.05) is 19.1 Å². The summed E-state index contributed by atoms with van der Waals surface area (Å²) < 4.78 is 0. The van der Waals surface area contributed by atoms with Crippen molar-refractivity contribution in [3.63, 3.8) is 0 Å². The van der Waals surface area contributed by atoms with Crippen LogP contribution in [0.1, 0.15) is 32.6 Å². The average molecular weight is 237 g/mol. The molecular weight excluding hydrogens is 218 g/mol. The lowest BCUT2D eigenvalue weighted by Crippen LogP contribution is -2.53. The van der Waals surface area contributed by atoms with Gasteiger partial charge in [-0.1, -0.05) is 19.1 Å². The molecule has 2 atom stereocenters. The third-order valence-corrected chi connectivity index (χ3v) is 3.83. The lowest BCUT2D eigenvalue weighted by Gasteiger charge is -2.38. The van der Waals surface area contributed by atoms with E-state index in [0.29, 0.717) is 6.54 Å². The number of nitrogens with zero attached hydrogens (tertiary/aromatic N) is 1. The van der Waals surface area contributed by atoms with Crippen molar-refractivity contribution in [2.75, 3.05) is 6.54 Å². The fraction of sp³-hybridized carbons (Fsp3) is 0.692. The third kappa shape index (κ3) is 2.35. The first kappa shape index (κ1) is 12.1. The highest BCUT2D eigenvalue weighted by Gasteiger charge is 2.39. The van der Waals surface area contributed by atoms with Gasteiger partial charge < -0.3 is 10.0 Å². The quantitative estimate of drug-likeness (QED) is 0.743. The summed E-state index contributed by atoms with van der Waals surface area (Å²) in [5.74, 6) is -0.813. The molecule has 2 unspecified atom stereocenters. The van der Waals surface area contributed by atoms with E-state index in [2.05, 4.69) is 0 Å². The summed E-state index contributed by atoms with van der Waals surface area (Å²) in [6.45, 7) is 2.52. The molecule has 0 spiro atoms. The molecule has 2 rings (SSSR count). The average Bonchev–Trinajstić information content (AvgIpc) is 2.80. The molecule has 17 heavy (non-hydrogen) atoms. The topological polar surface area (TPSA) is 57.6 Å². The van der Waals surface area contributed by atoms with Crippen LogP contribution in [0.3, 0.4) is 0 Å². The van der Waals surface area contributed by atoms with Crippen molar-refractivity contribution in [1.29, 1.82) is 0 Å². The Morgan fingerprint density at radius 1 is 1.29 bits per heavy atom. The van der Waals surface area contributed by atoms with Crippen LogP contribution in [-0.4, -0.2) is 34.5 Å². The summed E-state index contributed by atoms with van der Waals surface area (Å²) in [7, 11) is 0. The number of carboxylic acids is 1. The van der Waals surface area contributed by atoms with Crippen LogP contribution in [0.15, 0.2) is 12.2 Å². The molecule has 1 aliphatic heterocycles. The summed E-state index contributed by atoms with van der Waals surface area (Å²) in [6, 6.07) is -0.628. The fourth-order valence-corrected chi connectivity index (χ4v) is 2.87. The molecular formula is C13H19NO3. The van der Waals surface area contributed by atoms with Crippen LogP contribution in [-0.2, 0) is 9.59 Å². The largest absolute Gasteiger partial charge is 0.480 e. The second-order valence-corrected chi connectivity index (χ2v) is 5.07. The van der Waals surface area contributed by atoms with E-state index in [0.717, 1.165) is 25.7 Å². The van der Waals surface area contributed by atoms with Gasteiger partial charge in [-0.15, -0.1) is 0 Å². The summed E-state index contributed by atoms with van der Waals surface area (Å²) >= 11 is 0. The Morgan fingerprint density at radius 3 is 2.53 bits per heavy atom. The molecule has 0 aromatic heterocycles. The molecule has 94 valence electrons. The molecule has 4 nitrogen and oxygen atoms in total. The summed E-state index contributed by atoms with van der Waals surface area (Å²) in [5, 5.41) is 9.26. The Bertz CT molecular complexity index is 343. The van der Waals surface area contributed by atoms with E-state index >= 15 is 0 Å². The number of carbonyl (C=O) groups excluding carboxylic acids is 1. The minimum absolute atomic E-state index is 0.0222. The number of piperidine rings is 1. The molecule has 4 heteroatoms. The minimum Gasteiger partial charge on any atom is -0.480 e. The van der Waals surface area contributed by atoms with Gasteiger partial charge in [-0.05, 0) is 31.6 Å². The molecule has 0 bridgehead atoms. The highest BCUT2D eigenvalue weighted by Crippen LogP contribution is 2.28. The van der Waals surface area contributed by atoms with Gasteiger partial charge in [0.25, 0.3) is 0 Å². The highest BCUT2D eigenvalue weighted by atomic mass is 16.4. The van der Waals surface area contributed by atoms with E-state index in [1.165, 1.54) is 0 Å². The smallest absolute Gasteiger partial charge is 0.326 e. The number of likely N-dealkylation sites (tertiary alicyclic amines) is 1. The number of carbonyl (C=O) groups is 2. The van der Waals surface area contributed by atoms with Crippen LogP contribution >= 0.6 is 0 Å². The Morgan fingerprint density at radius 2 is 1.94 bits per heavy atom. The SMILES string of the molecule is CC1CCCN(C(=O)C2CC=CC2)C1C(=O)O. The first-order valence-electron chi connectivity index (χ1n) is 6.29. The second kappa shape index (κ2) is 4.90. The molecule has 1 saturated heterocycles. The molecule has 0 aromatic carbocycles. The van der Waals surface area contributed by atoms with Crippen LogP contribution < -0.4 is 0 Å². The molecule has 0 radical (unpaired) electrons. The maximum atomic E-state index is 12.3. The summed E-state index contributed by atoms with van der Waals surface area (Å²) in [5.41, 5.74) is 0. The van der Waals surface area contributed by atoms with Gasteiger partial charge in [0.2, 0.25) is 5.91 Å². The predicted octanol–water partition coefficient (Wildman–Crippen LogP) is 1.66. The van der Waals surface area contributed by atoms with Crippen molar-refractivity contribution in [2.24, 2.45) is 11.8 Å². The summed E-state index contributed by atoms with van der Waals surface area (Å²) in [4.78, 5) is 25.2. The van der Waals surface area contributed by atoms with Gasteiger partial charge in [-0.3, -0.25) is 4.79 Å². The number of rotatable bonds is 2. The summed E-state index contributed by atoms with van der Waals surface area (Å²) in [6.07, 6.45) is 7.34. The van der Waals surface area contributed by atoms with E-state index in [-0.39, 0.29) is 17.7 Å². The van der Waals surface area contributed by atoms with Crippen molar-refractivity contribution < 1.29 is 14.7 Å². The maximum Gasteiger partial charge on any atom is 0.326 e. The van der Waals surface area contributed by atoms with Gasteiger partial charge in [-0.25, -0.2) is 4.79 Å². The zero-order valence-corrected chi connectivity index (χ0v) is 10.1. The monoisotopic (exact) mass is 237 g/mol. The highest BCUT2D eigenvalue weighted by molar-refractivity contribution is 5.86. The Balaban J connectivity index is 2.11. The van der Waals surface area contributed by atoms with Gasteiger partial charge in [0.15, 0.2) is 0 Å². The predicted molar refractivity (Wildman–Crippen MR) is 63.4 cm³/mol. The van der Waals surface area contributed by atoms with Crippen molar-refractivity contribution in [1.82, 2.24) is 4.90 Å². The molecule has 0 saturated carbocycles.